The molecule has 138 valence electrons. The molecule has 1 spiro atoms. The molecule has 26 heavy (non-hydrogen) atoms. The maximum Gasteiger partial charge on any atom is 0.417 e. The quantitative estimate of drug-likeness (QED) is 0.735. The van der Waals surface area contributed by atoms with E-state index in [0.717, 1.165) is 0 Å². The van der Waals surface area contributed by atoms with Crippen molar-refractivity contribution in [3.63, 3.8) is 0 Å². The Balaban J connectivity index is 1.42. The second-order valence-corrected chi connectivity index (χ2v) is 7.01. The second-order valence-electron chi connectivity index (χ2n) is 7.01. The summed E-state index contributed by atoms with van der Waals surface area (Å²) >= 11 is 0. The normalized spacial score (nSPS) is 34.3. The zero-order valence-electron chi connectivity index (χ0n) is 14.2. The summed E-state index contributed by atoms with van der Waals surface area (Å²) in [4.78, 5) is 26.7. The number of benzene rings is 1. The van der Waals surface area contributed by atoms with Crippen LogP contribution in [0.2, 0.25) is 0 Å². The van der Waals surface area contributed by atoms with Crippen LogP contribution in [0.25, 0.3) is 0 Å². The predicted molar refractivity (Wildman–Crippen MR) is 83.9 cm³/mol. The monoisotopic (exact) mass is 363 g/mol. The summed E-state index contributed by atoms with van der Waals surface area (Å²) in [5, 5.41) is 0. The van der Waals surface area contributed by atoms with E-state index in [9.17, 15) is 9.59 Å². The number of hydrogen-bond donors (Lipinski definition) is 0. The van der Waals surface area contributed by atoms with Gasteiger partial charge >= 0.3 is 6.09 Å². The molecule has 4 heterocycles. The van der Waals surface area contributed by atoms with E-state index in [1.807, 2.05) is 0 Å². The molecule has 0 bridgehead atoms. The van der Waals surface area contributed by atoms with Gasteiger partial charge in [-0.3, -0.25) is 9.69 Å². The van der Waals surface area contributed by atoms with E-state index < -0.39 is 35.7 Å². The molecule has 0 aliphatic carbocycles. The van der Waals surface area contributed by atoms with Crippen molar-refractivity contribution < 1.29 is 38.0 Å². The molecule has 9 heteroatoms. The van der Waals surface area contributed by atoms with Crippen LogP contribution in [0, 0.1) is 0 Å². The first-order valence-electron chi connectivity index (χ1n) is 8.31. The summed E-state index contributed by atoms with van der Waals surface area (Å²) in [7, 11) is 0. The molecule has 5 rings (SSSR count). The van der Waals surface area contributed by atoms with Crippen LogP contribution < -0.4 is 14.4 Å². The summed E-state index contributed by atoms with van der Waals surface area (Å²) in [5.74, 6) is -1.90. The number of carbonyl (C=O) groups is 2. The lowest BCUT2D eigenvalue weighted by molar-refractivity contribution is -0.218. The van der Waals surface area contributed by atoms with Crippen LogP contribution in [-0.4, -0.2) is 55.6 Å². The van der Waals surface area contributed by atoms with E-state index in [0.29, 0.717) is 17.2 Å². The van der Waals surface area contributed by atoms with Crippen molar-refractivity contribution in [1.82, 2.24) is 0 Å². The third-order valence-electron chi connectivity index (χ3n) is 4.80. The average molecular weight is 363 g/mol. The molecule has 4 aliphatic rings. The van der Waals surface area contributed by atoms with Gasteiger partial charge < -0.3 is 28.4 Å². The summed E-state index contributed by atoms with van der Waals surface area (Å²) in [6.45, 7) is 3.61. The molecule has 4 aliphatic heterocycles. The first kappa shape index (κ1) is 15.9. The molecule has 9 nitrogen and oxygen atoms in total. The Bertz CT molecular complexity index is 808. The summed E-state index contributed by atoms with van der Waals surface area (Å²) in [5.41, 5.74) is 0.526. The molecule has 3 saturated heterocycles. The third kappa shape index (κ3) is 2.21. The Hall–Kier alpha value is -2.36. The van der Waals surface area contributed by atoms with Crippen LogP contribution in [0.4, 0.5) is 10.5 Å². The second kappa shape index (κ2) is 5.09. The number of fused-ring (bicyclic) bond motifs is 2. The van der Waals surface area contributed by atoms with Crippen molar-refractivity contribution in [3.05, 3.63) is 18.2 Å². The van der Waals surface area contributed by atoms with E-state index in [1.54, 1.807) is 32.0 Å². The van der Waals surface area contributed by atoms with Gasteiger partial charge in [-0.2, -0.15) is 0 Å². The highest BCUT2D eigenvalue weighted by molar-refractivity contribution is 6.00. The minimum absolute atomic E-state index is 0.0721. The molecule has 0 radical (unpaired) electrons. The zero-order valence-corrected chi connectivity index (χ0v) is 14.2. The highest BCUT2D eigenvalue weighted by Crippen LogP contribution is 2.42. The first-order valence-corrected chi connectivity index (χ1v) is 8.31. The zero-order chi connectivity index (χ0) is 18.1. The maximum atomic E-state index is 12.9. The van der Waals surface area contributed by atoms with Crippen LogP contribution in [0.5, 0.6) is 11.5 Å². The lowest BCUT2D eigenvalue weighted by Crippen LogP contribution is -2.59. The summed E-state index contributed by atoms with van der Waals surface area (Å²) < 4.78 is 33.0. The number of carbonyl (C=O) groups excluding carboxylic acids is 2. The van der Waals surface area contributed by atoms with Crippen LogP contribution in [0.15, 0.2) is 18.2 Å². The molecule has 3 fully saturated rings. The van der Waals surface area contributed by atoms with Gasteiger partial charge in [0.05, 0.1) is 12.3 Å². The van der Waals surface area contributed by atoms with Crippen molar-refractivity contribution in [1.29, 1.82) is 0 Å². The smallest absolute Gasteiger partial charge is 0.417 e. The van der Waals surface area contributed by atoms with Gasteiger partial charge in [-0.1, -0.05) is 0 Å². The molecule has 1 aromatic rings. The largest absolute Gasteiger partial charge is 0.454 e. The number of nitrogens with zero attached hydrogens (tertiary/aromatic N) is 1. The van der Waals surface area contributed by atoms with E-state index in [4.69, 9.17) is 28.4 Å². The van der Waals surface area contributed by atoms with Gasteiger partial charge in [-0.15, -0.1) is 0 Å². The average Bonchev–Trinajstić information content (AvgIpc) is 3.26. The van der Waals surface area contributed by atoms with E-state index in [-0.39, 0.29) is 19.9 Å². The van der Waals surface area contributed by atoms with Crippen LogP contribution in [-0.2, 0) is 23.7 Å². The van der Waals surface area contributed by atoms with Crippen LogP contribution in [0.3, 0.4) is 0 Å². The number of Topliss-reactive ketones (excluding diaryl/α,β-unsaturated/α-hetero) is 1. The highest BCUT2D eigenvalue weighted by atomic mass is 16.8. The Morgan fingerprint density at radius 1 is 1.12 bits per heavy atom. The lowest BCUT2D eigenvalue weighted by atomic mass is 9.98. The molecule has 1 amide bonds. The van der Waals surface area contributed by atoms with Crippen LogP contribution in [0.1, 0.15) is 13.8 Å². The number of anilines is 1. The number of amides is 1. The summed E-state index contributed by atoms with van der Waals surface area (Å²) in [6, 6.07) is 5.06. The Morgan fingerprint density at radius 3 is 2.77 bits per heavy atom. The fourth-order valence-corrected chi connectivity index (χ4v) is 3.64. The molecule has 3 atom stereocenters. The van der Waals surface area contributed by atoms with Gasteiger partial charge in [0, 0.05) is 6.07 Å². The number of ketones is 1. The van der Waals surface area contributed by atoms with E-state index in [2.05, 4.69) is 0 Å². The first-order chi connectivity index (χ1) is 12.4. The van der Waals surface area contributed by atoms with Gasteiger partial charge in [0.2, 0.25) is 12.6 Å². The molecule has 0 unspecified atom stereocenters. The van der Waals surface area contributed by atoms with Gasteiger partial charge in [0.25, 0.3) is 5.79 Å². The van der Waals surface area contributed by atoms with Crippen molar-refractivity contribution in [2.75, 3.05) is 24.8 Å². The predicted octanol–water partition coefficient (Wildman–Crippen LogP) is 1.19. The SMILES string of the molecule is CC1(C)O[C@@H]2CO[C@]3(CN(c4ccc5c(c4)OCO5)C(=O)O3)C(=O)[C@@H]2O1. The third-order valence-corrected chi connectivity index (χ3v) is 4.80. The topological polar surface area (TPSA) is 92.8 Å². The minimum Gasteiger partial charge on any atom is -0.454 e. The standard InChI is InChI=1S/C17H17NO8/c1-16(2)24-12-6-23-17(14(19)13(12)25-16)7-18(15(20)26-17)9-3-4-10-11(5-9)22-8-21-10/h3-5,12-13H,6-8H2,1-2H3/t12-,13-,17+/m1/s1. The van der Waals surface area contributed by atoms with Crippen molar-refractivity contribution >= 4 is 17.6 Å². The molecule has 0 aromatic heterocycles. The van der Waals surface area contributed by atoms with Crippen molar-refractivity contribution in [2.24, 2.45) is 0 Å². The maximum absolute atomic E-state index is 12.9. The molecule has 0 saturated carbocycles. The van der Waals surface area contributed by atoms with Crippen molar-refractivity contribution in [3.8, 4) is 11.5 Å². The van der Waals surface area contributed by atoms with Crippen molar-refractivity contribution in [2.45, 2.75) is 37.6 Å². The molecule has 1 aromatic carbocycles. The Labute approximate surface area is 148 Å². The molecular weight excluding hydrogens is 346 g/mol. The molecule has 0 N–H and O–H groups in total. The van der Waals surface area contributed by atoms with Crippen LogP contribution >= 0.6 is 0 Å². The number of ether oxygens (including phenoxy) is 6. The fourth-order valence-electron chi connectivity index (χ4n) is 3.64. The lowest BCUT2D eigenvalue weighted by Gasteiger charge is -2.34. The number of hydrogen-bond acceptors (Lipinski definition) is 8. The minimum atomic E-state index is -1.70. The van der Waals surface area contributed by atoms with E-state index >= 15 is 0 Å². The summed E-state index contributed by atoms with van der Waals surface area (Å²) in [6.07, 6.45) is -2.02. The number of rotatable bonds is 1. The Morgan fingerprint density at radius 2 is 1.92 bits per heavy atom. The van der Waals surface area contributed by atoms with Gasteiger partial charge in [0.1, 0.15) is 12.6 Å². The highest BCUT2D eigenvalue weighted by Gasteiger charge is 2.63. The molecular formula is C17H17NO8. The van der Waals surface area contributed by atoms with E-state index in [1.165, 1.54) is 4.90 Å². The Kier molecular flexibility index (Phi) is 3.10. The van der Waals surface area contributed by atoms with Gasteiger partial charge in [0.15, 0.2) is 23.4 Å². The van der Waals surface area contributed by atoms with Gasteiger partial charge in [-0.05, 0) is 26.0 Å². The van der Waals surface area contributed by atoms with Gasteiger partial charge in [-0.25, -0.2) is 4.79 Å². The fraction of sp³-hybridized carbons (Fsp3) is 0.529.